The predicted octanol–water partition coefficient (Wildman–Crippen LogP) is 2.12. The Morgan fingerprint density at radius 2 is 2.11 bits per heavy atom. The minimum atomic E-state index is -0.265. The maximum Gasteiger partial charge on any atom is 0.180 e. The topological polar surface area (TPSA) is 56.7 Å². The molecule has 90 valence electrons. The molecule has 18 heavy (non-hydrogen) atoms. The van der Waals surface area contributed by atoms with E-state index in [0.717, 1.165) is 0 Å². The molecule has 6 heteroatoms. The number of hydrogen-bond donors (Lipinski definition) is 0. The van der Waals surface area contributed by atoms with Gasteiger partial charge in [0.1, 0.15) is 18.4 Å². The smallest absolute Gasteiger partial charge is 0.180 e. The standard InChI is InChI=1S/C12H9FN4O/c13-10-4-2-1-3-9(10)7-17-12(14-8-15-17)11-5-6-18-16-11/h1-6,8H,7H2. The summed E-state index contributed by atoms with van der Waals surface area (Å²) < 4.78 is 19.9. The molecule has 0 radical (unpaired) electrons. The normalized spacial score (nSPS) is 10.7. The highest BCUT2D eigenvalue weighted by Crippen LogP contribution is 2.15. The summed E-state index contributed by atoms with van der Waals surface area (Å²) in [6.07, 6.45) is 2.86. The molecule has 2 aromatic heterocycles. The molecular formula is C12H9FN4O. The molecule has 0 aliphatic heterocycles. The maximum absolute atomic E-state index is 13.6. The second-order valence-electron chi connectivity index (χ2n) is 3.72. The number of hydrogen-bond acceptors (Lipinski definition) is 4. The lowest BCUT2D eigenvalue weighted by atomic mass is 10.2. The summed E-state index contributed by atoms with van der Waals surface area (Å²) in [6, 6.07) is 8.25. The fraction of sp³-hybridized carbons (Fsp3) is 0.0833. The van der Waals surface area contributed by atoms with Crippen LogP contribution in [0.25, 0.3) is 11.5 Å². The van der Waals surface area contributed by atoms with Crippen LogP contribution in [0.1, 0.15) is 5.56 Å². The molecule has 0 unspecified atom stereocenters. The van der Waals surface area contributed by atoms with Gasteiger partial charge in [0.05, 0.1) is 6.54 Å². The Balaban J connectivity index is 1.95. The molecule has 0 fully saturated rings. The Hall–Kier alpha value is -2.50. The zero-order chi connectivity index (χ0) is 12.4. The van der Waals surface area contributed by atoms with Crippen LogP contribution >= 0.6 is 0 Å². The van der Waals surface area contributed by atoms with Crippen LogP contribution < -0.4 is 0 Å². The van der Waals surface area contributed by atoms with E-state index in [1.165, 1.54) is 18.7 Å². The van der Waals surface area contributed by atoms with Gasteiger partial charge in [-0.15, -0.1) is 0 Å². The van der Waals surface area contributed by atoms with Gasteiger partial charge in [0.25, 0.3) is 0 Å². The second-order valence-corrected chi connectivity index (χ2v) is 3.72. The van der Waals surface area contributed by atoms with E-state index in [1.54, 1.807) is 28.9 Å². The average Bonchev–Trinajstić information content (AvgIpc) is 3.02. The van der Waals surface area contributed by atoms with Gasteiger partial charge in [-0.2, -0.15) is 5.10 Å². The largest absolute Gasteiger partial charge is 0.364 e. The van der Waals surface area contributed by atoms with Crippen molar-refractivity contribution in [3.8, 4) is 11.5 Å². The first kappa shape index (κ1) is 10.6. The number of aromatic nitrogens is 4. The van der Waals surface area contributed by atoms with E-state index >= 15 is 0 Å². The molecule has 0 atom stereocenters. The Morgan fingerprint density at radius 1 is 1.22 bits per heavy atom. The molecule has 3 aromatic rings. The highest BCUT2D eigenvalue weighted by Gasteiger charge is 2.11. The van der Waals surface area contributed by atoms with E-state index in [-0.39, 0.29) is 5.82 Å². The monoisotopic (exact) mass is 244 g/mol. The average molecular weight is 244 g/mol. The Morgan fingerprint density at radius 3 is 2.89 bits per heavy atom. The third kappa shape index (κ3) is 1.88. The maximum atomic E-state index is 13.6. The van der Waals surface area contributed by atoms with Crippen LogP contribution in [0, 0.1) is 5.82 Å². The van der Waals surface area contributed by atoms with Crippen molar-refractivity contribution in [2.75, 3.05) is 0 Å². The van der Waals surface area contributed by atoms with Gasteiger partial charge in [0.15, 0.2) is 11.5 Å². The lowest BCUT2D eigenvalue weighted by Gasteiger charge is -2.05. The predicted molar refractivity (Wildman–Crippen MR) is 61.0 cm³/mol. The van der Waals surface area contributed by atoms with E-state index < -0.39 is 0 Å². The molecule has 0 amide bonds. The zero-order valence-electron chi connectivity index (χ0n) is 9.32. The van der Waals surface area contributed by atoms with E-state index in [1.807, 2.05) is 0 Å². The van der Waals surface area contributed by atoms with Crippen LogP contribution in [0.15, 0.2) is 47.4 Å². The number of nitrogens with zero attached hydrogens (tertiary/aromatic N) is 4. The molecule has 0 spiro atoms. The summed E-state index contributed by atoms with van der Waals surface area (Å²) in [7, 11) is 0. The van der Waals surface area contributed by atoms with Gasteiger partial charge in [-0.1, -0.05) is 23.4 Å². The Kier molecular flexibility index (Phi) is 2.60. The van der Waals surface area contributed by atoms with Crippen molar-refractivity contribution in [1.82, 2.24) is 19.9 Å². The van der Waals surface area contributed by atoms with Crippen LogP contribution in [0.5, 0.6) is 0 Å². The summed E-state index contributed by atoms with van der Waals surface area (Å²) in [5.74, 6) is 0.283. The quantitative estimate of drug-likeness (QED) is 0.708. The number of halogens is 1. The third-order valence-electron chi connectivity index (χ3n) is 2.56. The van der Waals surface area contributed by atoms with Crippen molar-refractivity contribution in [1.29, 1.82) is 0 Å². The molecule has 0 saturated carbocycles. The molecule has 0 aliphatic carbocycles. The minimum absolute atomic E-state index is 0.265. The van der Waals surface area contributed by atoms with Gasteiger partial charge < -0.3 is 4.52 Å². The van der Waals surface area contributed by atoms with Crippen LogP contribution in [-0.2, 0) is 6.54 Å². The highest BCUT2D eigenvalue weighted by atomic mass is 19.1. The Labute approximate surface area is 102 Å². The third-order valence-corrected chi connectivity index (χ3v) is 2.56. The van der Waals surface area contributed by atoms with E-state index in [9.17, 15) is 4.39 Å². The van der Waals surface area contributed by atoms with Crippen molar-refractivity contribution in [3.63, 3.8) is 0 Å². The summed E-state index contributed by atoms with van der Waals surface area (Å²) >= 11 is 0. The first-order valence-electron chi connectivity index (χ1n) is 5.36. The molecule has 2 heterocycles. The van der Waals surface area contributed by atoms with Gasteiger partial charge in [-0.3, -0.25) is 0 Å². The van der Waals surface area contributed by atoms with Gasteiger partial charge in [0.2, 0.25) is 0 Å². The van der Waals surface area contributed by atoms with E-state index in [4.69, 9.17) is 4.52 Å². The van der Waals surface area contributed by atoms with Crippen LogP contribution in [0.2, 0.25) is 0 Å². The van der Waals surface area contributed by atoms with Gasteiger partial charge in [0, 0.05) is 11.6 Å². The van der Waals surface area contributed by atoms with Gasteiger partial charge >= 0.3 is 0 Å². The van der Waals surface area contributed by atoms with Crippen molar-refractivity contribution < 1.29 is 8.91 Å². The highest BCUT2D eigenvalue weighted by molar-refractivity contribution is 5.47. The first-order chi connectivity index (χ1) is 8.84. The molecule has 5 nitrogen and oxygen atoms in total. The summed E-state index contributed by atoms with van der Waals surface area (Å²) in [4.78, 5) is 4.09. The SMILES string of the molecule is Fc1ccccc1Cn1ncnc1-c1ccon1. The summed E-state index contributed by atoms with van der Waals surface area (Å²) in [5.41, 5.74) is 1.12. The van der Waals surface area contributed by atoms with Crippen molar-refractivity contribution in [2.24, 2.45) is 0 Å². The van der Waals surface area contributed by atoms with E-state index in [2.05, 4.69) is 15.2 Å². The number of benzene rings is 1. The summed E-state index contributed by atoms with van der Waals surface area (Å²) in [5, 5.41) is 7.86. The fourth-order valence-electron chi connectivity index (χ4n) is 1.69. The summed E-state index contributed by atoms with van der Waals surface area (Å²) in [6.45, 7) is 0.300. The Bertz CT molecular complexity index is 648. The molecule has 3 rings (SSSR count). The minimum Gasteiger partial charge on any atom is -0.364 e. The van der Waals surface area contributed by atoms with Crippen LogP contribution in [-0.4, -0.2) is 19.9 Å². The number of rotatable bonds is 3. The molecule has 0 aliphatic rings. The van der Waals surface area contributed by atoms with Gasteiger partial charge in [-0.25, -0.2) is 14.1 Å². The van der Waals surface area contributed by atoms with Gasteiger partial charge in [-0.05, 0) is 6.07 Å². The van der Waals surface area contributed by atoms with Crippen LogP contribution in [0.3, 0.4) is 0 Å². The lowest BCUT2D eigenvalue weighted by Crippen LogP contribution is -2.05. The van der Waals surface area contributed by atoms with Crippen molar-refractivity contribution in [3.05, 3.63) is 54.3 Å². The lowest BCUT2D eigenvalue weighted by molar-refractivity contribution is 0.421. The second kappa shape index (κ2) is 4.40. The van der Waals surface area contributed by atoms with Crippen LogP contribution in [0.4, 0.5) is 4.39 Å². The molecule has 0 bridgehead atoms. The van der Waals surface area contributed by atoms with E-state index in [0.29, 0.717) is 23.6 Å². The molecule has 0 N–H and O–H groups in total. The molecule has 1 aromatic carbocycles. The molecule has 0 saturated heterocycles. The van der Waals surface area contributed by atoms with Crippen molar-refractivity contribution in [2.45, 2.75) is 6.54 Å². The van der Waals surface area contributed by atoms with Crippen molar-refractivity contribution >= 4 is 0 Å². The fourth-order valence-corrected chi connectivity index (χ4v) is 1.69. The first-order valence-corrected chi connectivity index (χ1v) is 5.36. The molecular weight excluding hydrogens is 235 g/mol. The zero-order valence-corrected chi connectivity index (χ0v) is 9.32.